The molecule has 0 aliphatic carbocycles. The number of amides is 3. The standard InChI is InChI=1S/C33H44BrN3O7/c1-5-7-15-25(39)35-20-24(22-13-9-8-10-14-22)43-32(42)26-27-30(40)37(17-11-12-18-38)29(31(41)36(16-6-2)21(3)4)33(27)19-23(34)28(26)44-33/h5-6,8-10,13-14,21,23-24,26-29,38H,1-2,7,11-12,15-20H2,3-4H3,(H,35,39)/t23?,24-,26+,27-,28+,29+,33-/m0/s1. The minimum atomic E-state index is -1.22. The topological polar surface area (TPSA) is 125 Å². The van der Waals surface area contributed by atoms with E-state index in [2.05, 4.69) is 34.4 Å². The summed E-state index contributed by atoms with van der Waals surface area (Å²) < 4.78 is 12.7. The number of halogens is 1. The Bertz CT molecular complexity index is 1230. The van der Waals surface area contributed by atoms with Crippen molar-refractivity contribution >= 4 is 39.6 Å². The number of fused-ring (bicyclic) bond motifs is 1. The van der Waals surface area contributed by atoms with Crippen LogP contribution < -0.4 is 5.32 Å². The number of hydrogen-bond donors (Lipinski definition) is 2. The highest BCUT2D eigenvalue weighted by molar-refractivity contribution is 9.09. The zero-order valence-electron chi connectivity index (χ0n) is 25.5. The number of likely N-dealkylation sites (tertiary alicyclic amines) is 1. The molecule has 0 aromatic heterocycles. The monoisotopic (exact) mass is 673 g/mol. The van der Waals surface area contributed by atoms with Crippen molar-refractivity contribution in [3.05, 3.63) is 61.2 Å². The average molecular weight is 675 g/mol. The van der Waals surface area contributed by atoms with Gasteiger partial charge in [0, 0.05) is 37.0 Å². The average Bonchev–Trinajstić information content (AvgIpc) is 3.60. The third-order valence-corrected chi connectivity index (χ3v) is 9.67. The van der Waals surface area contributed by atoms with E-state index < -0.39 is 41.7 Å². The summed E-state index contributed by atoms with van der Waals surface area (Å²) in [5, 5.41) is 12.3. The SMILES string of the molecule is C=CCCC(=O)NC[C@H](OC(=O)[C@H]1[C@@H]2O[C@@]3(CC2Br)[C@@H]1C(=O)N(CCCCO)[C@@H]3C(=O)N(CC=C)C(C)C)c1ccccc1. The van der Waals surface area contributed by atoms with Crippen LogP contribution in [0.5, 0.6) is 0 Å². The van der Waals surface area contributed by atoms with Crippen molar-refractivity contribution in [2.75, 3.05) is 26.2 Å². The van der Waals surface area contributed by atoms with E-state index in [4.69, 9.17) is 9.47 Å². The molecule has 2 N–H and O–H groups in total. The van der Waals surface area contributed by atoms with Crippen LogP contribution in [-0.2, 0) is 28.7 Å². The fourth-order valence-corrected chi connectivity index (χ4v) is 7.75. The van der Waals surface area contributed by atoms with Crippen molar-refractivity contribution < 1.29 is 33.8 Å². The normalized spacial score (nSPS) is 27.6. The maximum atomic E-state index is 14.2. The van der Waals surface area contributed by atoms with Gasteiger partial charge in [-0.1, -0.05) is 58.4 Å². The van der Waals surface area contributed by atoms with Crippen LogP contribution in [0.2, 0.25) is 0 Å². The fourth-order valence-electron chi connectivity index (χ4n) is 6.81. The Kier molecular flexibility index (Phi) is 11.4. The molecule has 11 heteroatoms. The molecule has 240 valence electrons. The van der Waals surface area contributed by atoms with Gasteiger partial charge in [0.25, 0.3) is 0 Å². The van der Waals surface area contributed by atoms with Gasteiger partial charge in [0.05, 0.1) is 24.5 Å². The van der Waals surface area contributed by atoms with E-state index in [1.165, 1.54) is 0 Å². The Morgan fingerprint density at radius 3 is 2.59 bits per heavy atom. The zero-order chi connectivity index (χ0) is 32.0. The molecular formula is C33H44BrN3O7. The number of ether oxygens (including phenoxy) is 2. The number of aliphatic hydroxyl groups is 1. The van der Waals surface area contributed by atoms with E-state index in [9.17, 15) is 24.3 Å². The minimum Gasteiger partial charge on any atom is -0.455 e. The maximum absolute atomic E-state index is 14.2. The molecule has 10 nitrogen and oxygen atoms in total. The Morgan fingerprint density at radius 2 is 1.95 bits per heavy atom. The van der Waals surface area contributed by atoms with E-state index in [1.807, 2.05) is 44.2 Å². The number of esters is 1. The second-order valence-electron chi connectivity index (χ2n) is 12.0. The number of hydrogen-bond acceptors (Lipinski definition) is 7. The molecular weight excluding hydrogens is 630 g/mol. The first-order valence-electron chi connectivity index (χ1n) is 15.4. The molecule has 3 aliphatic heterocycles. The number of carbonyl (C=O) groups excluding carboxylic acids is 4. The molecule has 1 spiro atoms. The predicted octanol–water partition coefficient (Wildman–Crippen LogP) is 3.30. The highest BCUT2D eigenvalue weighted by Gasteiger charge is 2.77. The van der Waals surface area contributed by atoms with Gasteiger partial charge in [-0.15, -0.1) is 13.2 Å². The largest absolute Gasteiger partial charge is 0.455 e. The molecule has 0 saturated carbocycles. The molecule has 3 aliphatic rings. The number of benzene rings is 1. The van der Waals surface area contributed by atoms with Gasteiger partial charge in [-0.2, -0.15) is 0 Å². The summed E-state index contributed by atoms with van der Waals surface area (Å²) in [5.74, 6) is -3.23. The highest BCUT2D eigenvalue weighted by atomic mass is 79.9. The molecule has 3 fully saturated rings. The summed E-state index contributed by atoms with van der Waals surface area (Å²) in [6.45, 7) is 11.8. The summed E-state index contributed by atoms with van der Waals surface area (Å²) in [5.41, 5.74) is -0.516. The lowest BCUT2D eigenvalue weighted by Gasteiger charge is -2.38. The first kappa shape index (κ1) is 33.9. The third-order valence-electron chi connectivity index (χ3n) is 8.82. The Labute approximate surface area is 267 Å². The van der Waals surface area contributed by atoms with Crippen molar-refractivity contribution in [2.45, 2.75) is 80.7 Å². The second-order valence-corrected chi connectivity index (χ2v) is 13.1. The molecule has 3 heterocycles. The van der Waals surface area contributed by atoms with Crippen LogP contribution in [0.3, 0.4) is 0 Å². The smallest absolute Gasteiger partial charge is 0.313 e. The van der Waals surface area contributed by atoms with Crippen molar-refractivity contribution in [1.82, 2.24) is 15.1 Å². The summed E-state index contributed by atoms with van der Waals surface area (Å²) >= 11 is 3.70. The summed E-state index contributed by atoms with van der Waals surface area (Å²) in [6.07, 6.45) is 3.99. The van der Waals surface area contributed by atoms with Crippen LogP contribution in [0.4, 0.5) is 0 Å². The first-order chi connectivity index (χ1) is 21.1. The number of nitrogens with one attached hydrogen (secondary N) is 1. The molecule has 1 aromatic carbocycles. The molecule has 1 aromatic rings. The van der Waals surface area contributed by atoms with Crippen LogP contribution in [-0.4, -0.2) is 93.5 Å². The molecule has 3 amide bonds. The second kappa shape index (κ2) is 14.8. The number of allylic oxidation sites excluding steroid dienone is 1. The summed E-state index contributed by atoms with van der Waals surface area (Å²) in [4.78, 5) is 57.9. The highest BCUT2D eigenvalue weighted by Crippen LogP contribution is 2.60. The number of aliphatic hydroxyl groups excluding tert-OH is 1. The van der Waals surface area contributed by atoms with Crippen molar-refractivity contribution in [3.8, 4) is 0 Å². The van der Waals surface area contributed by atoms with Crippen molar-refractivity contribution in [1.29, 1.82) is 0 Å². The maximum Gasteiger partial charge on any atom is 0.313 e. The van der Waals surface area contributed by atoms with Gasteiger partial charge in [-0.3, -0.25) is 19.2 Å². The number of carbonyl (C=O) groups is 4. The van der Waals surface area contributed by atoms with Crippen LogP contribution in [0.1, 0.15) is 57.6 Å². The van der Waals surface area contributed by atoms with Crippen molar-refractivity contribution in [3.63, 3.8) is 0 Å². The Morgan fingerprint density at radius 1 is 1.23 bits per heavy atom. The number of alkyl halides is 1. The van der Waals surface area contributed by atoms with Crippen LogP contribution in [0, 0.1) is 11.8 Å². The van der Waals surface area contributed by atoms with Gasteiger partial charge >= 0.3 is 5.97 Å². The number of nitrogens with zero attached hydrogens (tertiary/aromatic N) is 2. The first-order valence-corrected chi connectivity index (χ1v) is 16.3. The molecule has 7 atom stereocenters. The quantitative estimate of drug-likeness (QED) is 0.119. The van der Waals surface area contributed by atoms with E-state index in [0.29, 0.717) is 37.8 Å². The van der Waals surface area contributed by atoms with Gasteiger partial charge in [0.15, 0.2) is 0 Å². The molecule has 4 rings (SSSR count). The number of unbranched alkanes of at least 4 members (excludes halogenated alkanes) is 1. The zero-order valence-corrected chi connectivity index (χ0v) is 27.1. The Hall–Kier alpha value is -3.02. The molecule has 0 radical (unpaired) electrons. The van der Waals surface area contributed by atoms with E-state index in [1.54, 1.807) is 22.0 Å². The summed E-state index contributed by atoms with van der Waals surface area (Å²) in [6, 6.07) is 8.04. The minimum absolute atomic E-state index is 0.0359. The van der Waals surface area contributed by atoms with Gasteiger partial charge in [-0.25, -0.2) is 0 Å². The number of rotatable bonds is 16. The lowest BCUT2D eigenvalue weighted by Crippen LogP contribution is -2.58. The fraction of sp³-hybridized carbons (Fsp3) is 0.576. The van der Waals surface area contributed by atoms with Gasteiger partial charge < -0.3 is 29.7 Å². The van der Waals surface area contributed by atoms with E-state index >= 15 is 0 Å². The van der Waals surface area contributed by atoms with E-state index in [0.717, 1.165) is 0 Å². The molecule has 1 unspecified atom stereocenters. The summed E-state index contributed by atoms with van der Waals surface area (Å²) in [7, 11) is 0. The van der Waals surface area contributed by atoms with Crippen molar-refractivity contribution in [2.24, 2.45) is 11.8 Å². The third kappa shape index (κ3) is 6.65. The molecule has 3 saturated heterocycles. The lowest BCUT2D eigenvalue weighted by molar-refractivity contribution is -0.160. The predicted molar refractivity (Wildman–Crippen MR) is 168 cm³/mol. The van der Waals surface area contributed by atoms with E-state index in [-0.39, 0.29) is 54.7 Å². The van der Waals surface area contributed by atoms with Gasteiger partial charge in [0.2, 0.25) is 17.7 Å². The van der Waals surface area contributed by atoms with Crippen LogP contribution >= 0.6 is 15.9 Å². The lowest BCUT2D eigenvalue weighted by atomic mass is 9.70. The van der Waals surface area contributed by atoms with Crippen LogP contribution in [0.15, 0.2) is 55.6 Å². The van der Waals surface area contributed by atoms with Crippen LogP contribution in [0.25, 0.3) is 0 Å². The van der Waals surface area contributed by atoms with Gasteiger partial charge in [-0.05, 0) is 45.1 Å². The molecule has 44 heavy (non-hydrogen) atoms. The Balaban J connectivity index is 1.65. The molecule has 2 bridgehead atoms. The van der Waals surface area contributed by atoms with Gasteiger partial charge in [0.1, 0.15) is 17.7 Å².